The van der Waals surface area contributed by atoms with Crippen LogP contribution in [0.5, 0.6) is 0 Å². The Morgan fingerprint density at radius 2 is 1.72 bits per heavy atom. The molecular formula is C24H32N6O2. The average Bonchev–Trinajstić information content (AvgIpc) is 3.30. The van der Waals surface area contributed by atoms with E-state index in [1.54, 1.807) is 0 Å². The smallest absolute Gasteiger partial charge is 0.180 e. The molecule has 0 radical (unpaired) electrons. The zero-order valence-corrected chi connectivity index (χ0v) is 19.8. The van der Waals surface area contributed by atoms with Gasteiger partial charge in [-0.15, -0.1) is 0 Å². The predicted molar refractivity (Wildman–Crippen MR) is 124 cm³/mol. The molecule has 1 aliphatic heterocycles. The highest BCUT2D eigenvalue weighted by molar-refractivity contribution is 5.99. The molecule has 8 nitrogen and oxygen atoms in total. The number of rotatable bonds is 6. The minimum atomic E-state index is 0.137. The highest BCUT2D eigenvalue weighted by atomic mass is 16.5. The third-order valence-corrected chi connectivity index (χ3v) is 6.01. The Bertz CT molecular complexity index is 1120. The zero-order valence-electron chi connectivity index (χ0n) is 19.8. The molecule has 4 heterocycles. The van der Waals surface area contributed by atoms with Crippen LogP contribution in [0.15, 0.2) is 22.7 Å². The van der Waals surface area contributed by atoms with Gasteiger partial charge >= 0.3 is 0 Å². The molecule has 3 aromatic rings. The van der Waals surface area contributed by atoms with Gasteiger partial charge in [-0.3, -0.25) is 14.3 Å². The molecule has 0 saturated carbocycles. The van der Waals surface area contributed by atoms with E-state index in [0.29, 0.717) is 18.3 Å². The Hall–Kier alpha value is -3.00. The first kappa shape index (κ1) is 22.2. The number of ketones is 1. The van der Waals surface area contributed by atoms with Gasteiger partial charge in [0.15, 0.2) is 11.6 Å². The molecule has 0 spiro atoms. The monoisotopic (exact) mass is 436 g/mol. The molecule has 1 aliphatic rings. The second-order valence-corrected chi connectivity index (χ2v) is 8.98. The largest absolute Gasteiger partial charge is 0.360 e. The van der Waals surface area contributed by atoms with Crippen molar-refractivity contribution in [3.8, 4) is 5.82 Å². The van der Waals surface area contributed by atoms with Crippen molar-refractivity contribution in [1.29, 1.82) is 0 Å². The lowest BCUT2D eigenvalue weighted by atomic mass is 10.1. The molecule has 3 aromatic heterocycles. The van der Waals surface area contributed by atoms with Crippen molar-refractivity contribution in [3.05, 3.63) is 52.4 Å². The summed E-state index contributed by atoms with van der Waals surface area (Å²) in [6.45, 7) is 15.8. The van der Waals surface area contributed by atoms with Gasteiger partial charge < -0.3 is 9.42 Å². The SMILES string of the molecule is Cc1cc(N2CCN(CC(=O)c3cc(C)n(-c4cc(C)on4)c3C)CC2)nc(C(C)C)n1. The van der Waals surface area contributed by atoms with Crippen molar-refractivity contribution in [3.63, 3.8) is 0 Å². The highest BCUT2D eigenvalue weighted by Crippen LogP contribution is 2.22. The summed E-state index contributed by atoms with van der Waals surface area (Å²) in [7, 11) is 0. The summed E-state index contributed by atoms with van der Waals surface area (Å²) >= 11 is 0. The molecular weight excluding hydrogens is 404 g/mol. The molecule has 4 rings (SSSR count). The molecule has 32 heavy (non-hydrogen) atoms. The second-order valence-electron chi connectivity index (χ2n) is 8.98. The van der Waals surface area contributed by atoms with Gasteiger partial charge in [0.2, 0.25) is 0 Å². The van der Waals surface area contributed by atoms with E-state index in [1.807, 2.05) is 50.5 Å². The van der Waals surface area contributed by atoms with Gasteiger partial charge in [0.25, 0.3) is 0 Å². The van der Waals surface area contributed by atoms with E-state index in [1.165, 1.54) is 0 Å². The maximum absolute atomic E-state index is 13.1. The van der Waals surface area contributed by atoms with E-state index in [0.717, 1.165) is 66.2 Å². The number of hydrogen-bond donors (Lipinski definition) is 0. The number of hydrogen-bond acceptors (Lipinski definition) is 7. The fourth-order valence-corrected chi connectivity index (χ4v) is 4.27. The molecule has 0 aliphatic carbocycles. The summed E-state index contributed by atoms with van der Waals surface area (Å²) in [6.07, 6.45) is 0. The molecule has 1 fully saturated rings. The Balaban J connectivity index is 1.41. The van der Waals surface area contributed by atoms with Crippen LogP contribution < -0.4 is 4.90 Å². The number of carbonyl (C=O) groups excluding carboxylic acids is 1. The van der Waals surface area contributed by atoms with Crippen LogP contribution in [0.25, 0.3) is 5.82 Å². The Labute approximate surface area is 189 Å². The van der Waals surface area contributed by atoms with Crippen LogP contribution in [0.2, 0.25) is 0 Å². The Morgan fingerprint density at radius 3 is 2.34 bits per heavy atom. The van der Waals surface area contributed by atoms with Crippen LogP contribution in [-0.4, -0.2) is 63.1 Å². The molecule has 0 unspecified atom stereocenters. The topological polar surface area (TPSA) is 80.3 Å². The van der Waals surface area contributed by atoms with Crippen LogP contribution in [0, 0.1) is 27.7 Å². The highest BCUT2D eigenvalue weighted by Gasteiger charge is 2.24. The fourth-order valence-electron chi connectivity index (χ4n) is 4.27. The van der Waals surface area contributed by atoms with E-state index < -0.39 is 0 Å². The van der Waals surface area contributed by atoms with Crippen molar-refractivity contribution >= 4 is 11.6 Å². The van der Waals surface area contributed by atoms with Crippen molar-refractivity contribution in [2.75, 3.05) is 37.6 Å². The van der Waals surface area contributed by atoms with E-state index in [2.05, 4.69) is 33.8 Å². The molecule has 0 amide bonds. The van der Waals surface area contributed by atoms with Crippen molar-refractivity contribution in [2.24, 2.45) is 0 Å². The lowest BCUT2D eigenvalue weighted by Gasteiger charge is -2.35. The maximum Gasteiger partial charge on any atom is 0.180 e. The number of aromatic nitrogens is 4. The summed E-state index contributed by atoms with van der Waals surface area (Å²) in [5.74, 6) is 3.77. The van der Waals surface area contributed by atoms with Crippen LogP contribution in [0.4, 0.5) is 5.82 Å². The van der Waals surface area contributed by atoms with Crippen molar-refractivity contribution in [1.82, 2.24) is 24.6 Å². The lowest BCUT2D eigenvalue weighted by Crippen LogP contribution is -2.48. The van der Waals surface area contributed by atoms with Gasteiger partial charge in [0, 0.05) is 66.9 Å². The van der Waals surface area contributed by atoms with Gasteiger partial charge in [-0.1, -0.05) is 19.0 Å². The van der Waals surface area contributed by atoms with E-state index in [4.69, 9.17) is 9.51 Å². The number of nitrogens with zero attached hydrogens (tertiary/aromatic N) is 6. The van der Waals surface area contributed by atoms with Crippen molar-refractivity contribution < 1.29 is 9.32 Å². The Kier molecular flexibility index (Phi) is 6.15. The number of carbonyl (C=O) groups is 1. The van der Waals surface area contributed by atoms with Crippen LogP contribution in [-0.2, 0) is 0 Å². The number of aryl methyl sites for hydroxylation is 3. The standard InChI is InChI=1S/C24H32N6O2/c1-15(2)24-25-16(3)11-22(26-24)29-9-7-28(8-10-29)14-21(31)20-12-17(4)30(19(20)6)23-13-18(5)32-27-23/h11-13,15H,7-10,14H2,1-6H3. The summed E-state index contributed by atoms with van der Waals surface area (Å²) in [5, 5.41) is 4.11. The van der Waals surface area contributed by atoms with Gasteiger partial charge in [-0.25, -0.2) is 9.97 Å². The number of piperazine rings is 1. The maximum atomic E-state index is 13.1. The van der Waals surface area contributed by atoms with E-state index in [9.17, 15) is 4.79 Å². The zero-order chi connectivity index (χ0) is 23.0. The van der Waals surface area contributed by atoms with Crippen LogP contribution in [0.1, 0.15) is 58.8 Å². The third kappa shape index (κ3) is 4.46. The summed E-state index contributed by atoms with van der Waals surface area (Å²) in [5.41, 5.74) is 3.62. The molecule has 0 bridgehead atoms. The van der Waals surface area contributed by atoms with Crippen LogP contribution >= 0.6 is 0 Å². The first-order chi connectivity index (χ1) is 15.2. The molecule has 0 aromatic carbocycles. The lowest BCUT2D eigenvalue weighted by molar-refractivity contribution is 0.0925. The van der Waals surface area contributed by atoms with E-state index >= 15 is 0 Å². The summed E-state index contributed by atoms with van der Waals surface area (Å²) < 4.78 is 7.19. The van der Waals surface area contributed by atoms with Gasteiger partial charge in [0.05, 0.1) is 6.54 Å². The Morgan fingerprint density at radius 1 is 1.00 bits per heavy atom. The summed E-state index contributed by atoms with van der Waals surface area (Å²) in [6, 6.07) is 5.88. The average molecular weight is 437 g/mol. The molecule has 1 saturated heterocycles. The molecule has 0 N–H and O–H groups in total. The van der Waals surface area contributed by atoms with Gasteiger partial charge in [-0.05, 0) is 33.8 Å². The quantitative estimate of drug-likeness (QED) is 0.546. The normalized spacial score (nSPS) is 15.0. The summed E-state index contributed by atoms with van der Waals surface area (Å²) in [4.78, 5) is 26.9. The molecule has 8 heteroatoms. The van der Waals surface area contributed by atoms with Gasteiger partial charge in [-0.2, -0.15) is 0 Å². The first-order valence-electron chi connectivity index (χ1n) is 11.2. The second kappa shape index (κ2) is 8.86. The number of Topliss-reactive ketones (excluding diaryl/α,β-unsaturated/α-hetero) is 1. The molecule has 170 valence electrons. The molecule has 0 atom stereocenters. The fraction of sp³-hybridized carbons (Fsp3) is 0.500. The minimum Gasteiger partial charge on any atom is -0.360 e. The number of anilines is 1. The van der Waals surface area contributed by atoms with Gasteiger partial charge in [0.1, 0.15) is 17.4 Å². The van der Waals surface area contributed by atoms with E-state index in [-0.39, 0.29) is 5.78 Å². The third-order valence-electron chi connectivity index (χ3n) is 6.01. The first-order valence-corrected chi connectivity index (χ1v) is 11.2. The van der Waals surface area contributed by atoms with Crippen LogP contribution in [0.3, 0.4) is 0 Å². The predicted octanol–water partition coefficient (Wildman–Crippen LogP) is 3.62. The minimum absolute atomic E-state index is 0.137. The van der Waals surface area contributed by atoms with Crippen molar-refractivity contribution in [2.45, 2.75) is 47.5 Å².